The number of amides is 4. The zero-order valence-electron chi connectivity index (χ0n) is 18.3. The average Bonchev–Trinajstić information content (AvgIpc) is 3.59. The van der Waals surface area contributed by atoms with Crippen LogP contribution in [-0.4, -0.2) is 70.9 Å². The van der Waals surface area contributed by atoms with Crippen LogP contribution in [0.25, 0.3) is 0 Å². The molecule has 0 aromatic rings. The van der Waals surface area contributed by atoms with Crippen molar-refractivity contribution in [3.05, 3.63) is 0 Å². The van der Waals surface area contributed by atoms with Crippen LogP contribution in [0.15, 0.2) is 0 Å². The number of hydrogen-bond acceptors (Lipinski definition) is 6. The Hall–Kier alpha value is -1.80. The van der Waals surface area contributed by atoms with Gasteiger partial charge in [0.05, 0.1) is 48.1 Å². The van der Waals surface area contributed by atoms with E-state index in [2.05, 4.69) is 6.92 Å². The van der Waals surface area contributed by atoms with E-state index in [-0.39, 0.29) is 71.7 Å². The Morgan fingerprint density at radius 3 is 1.29 bits per heavy atom. The van der Waals surface area contributed by atoms with Crippen LogP contribution in [-0.2, 0) is 28.7 Å². The number of fused-ring (bicyclic) bond motifs is 10. The van der Waals surface area contributed by atoms with E-state index in [9.17, 15) is 19.2 Å². The van der Waals surface area contributed by atoms with Crippen molar-refractivity contribution in [3.63, 3.8) is 0 Å². The number of carbonyl (C=O) groups excluding carboxylic acids is 4. The average molecular weight is 433 g/mol. The topological polar surface area (TPSA) is 93.2 Å². The number of likely N-dealkylation sites (tertiary alicyclic amines) is 2. The van der Waals surface area contributed by atoms with Gasteiger partial charge in [-0.25, -0.2) is 0 Å². The van der Waals surface area contributed by atoms with Gasteiger partial charge in [0.1, 0.15) is 0 Å². The fourth-order valence-electron chi connectivity index (χ4n) is 6.53. The highest BCUT2D eigenvalue weighted by Crippen LogP contribution is 2.49. The third-order valence-corrected chi connectivity index (χ3v) is 7.93. The van der Waals surface area contributed by atoms with Crippen molar-refractivity contribution in [1.29, 1.82) is 0 Å². The van der Waals surface area contributed by atoms with Gasteiger partial charge in [0, 0.05) is 13.1 Å². The summed E-state index contributed by atoms with van der Waals surface area (Å²) in [7, 11) is 0. The van der Waals surface area contributed by atoms with Gasteiger partial charge in [-0.1, -0.05) is 20.3 Å². The predicted molar refractivity (Wildman–Crippen MR) is 108 cm³/mol. The van der Waals surface area contributed by atoms with Gasteiger partial charge in [-0.3, -0.25) is 29.0 Å². The molecule has 0 saturated carbocycles. The molecule has 6 aliphatic rings. The van der Waals surface area contributed by atoms with Crippen LogP contribution in [0.4, 0.5) is 0 Å². The molecule has 170 valence electrons. The quantitative estimate of drug-likeness (QED) is 0.612. The maximum atomic E-state index is 12.1. The molecule has 0 spiro atoms. The van der Waals surface area contributed by atoms with Gasteiger partial charge >= 0.3 is 0 Å². The lowest BCUT2D eigenvalue weighted by Crippen LogP contribution is -2.34. The summed E-state index contributed by atoms with van der Waals surface area (Å²) in [4.78, 5) is 51.2. The number of imide groups is 2. The maximum absolute atomic E-state index is 12.1. The second-order valence-corrected chi connectivity index (χ2v) is 9.69. The highest BCUT2D eigenvalue weighted by atomic mass is 16.5. The van der Waals surface area contributed by atoms with Crippen molar-refractivity contribution >= 4 is 23.6 Å². The fraction of sp³-hybridized carbons (Fsp3) is 0.826. The van der Waals surface area contributed by atoms with E-state index in [1.165, 1.54) is 9.80 Å². The van der Waals surface area contributed by atoms with Crippen molar-refractivity contribution in [2.75, 3.05) is 13.1 Å². The zero-order valence-corrected chi connectivity index (χ0v) is 18.3. The van der Waals surface area contributed by atoms with Gasteiger partial charge in [0.15, 0.2) is 0 Å². The summed E-state index contributed by atoms with van der Waals surface area (Å²) >= 11 is 0. The lowest BCUT2D eigenvalue weighted by Gasteiger charge is -2.16. The number of rotatable bonds is 5. The Morgan fingerprint density at radius 2 is 0.968 bits per heavy atom. The largest absolute Gasteiger partial charge is 0.373 e. The molecule has 4 bridgehead atoms. The minimum absolute atomic E-state index is 0.0130. The number of nitrogens with zero attached hydrogens (tertiary/aromatic N) is 2. The van der Waals surface area contributed by atoms with Gasteiger partial charge in [-0.05, 0) is 38.5 Å². The Kier molecular flexibility index (Phi) is 5.41. The van der Waals surface area contributed by atoms with E-state index < -0.39 is 0 Å². The molecule has 8 atom stereocenters. The van der Waals surface area contributed by atoms with Crippen molar-refractivity contribution < 1.29 is 28.7 Å². The molecule has 6 fully saturated rings. The number of ether oxygens (including phenoxy) is 2. The van der Waals surface area contributed by atoms with Crippen molar-refractivity contribution in [2.45, 2.75) is 83.2 Å². The molecule has 6 heterocycles. The molecule has 0 aromatic heterocycles. The summed E-state index contributed by atoms with van der Waals surface area (Å²) in [5.41, 5.74) is 0. The van der Waals surface area contributed by atoms with Crippen LogP contribution in [0.1, 0.15) is 58.8 Å². The molecule has 6 rings (SSSR count). The molecule has 0 N–H and O–H groups in total. The Balaban J connectivity index is 0.000000132. The molecule has 8 heteroatoms. The monoisotopic (exact) mass is 432 g/mol. The predicted octanol–water partition coefficient (Wildman–Crippen LogP) is 1.51. The Bertz CT molecular complexity index is 743. The van der Waals surface area contributed by atoms with E-state index in [1.54, 1.807) is 0 Å². The summed E-state index contributed by atoms with van der Waals surface area (Å²) in [6, 6.07) is 0. The van der Waals surface area contributed by atoms with E-state index in [1.807, 2.05) is 6.92 Å². The molecule has 8 unspecified atom stereocenters. The molecular weight excluding hydrogens is 400 g/mol. The SMILES string of the molecule is CCCCN1C(=O)C2C3CCC(O3)C2C1=O.CCCN1C(=O)C2C3CCC(O3)C2C1=O. The molecule has 31 heavy (non-hydrogen) atoms. The summed E-state index contributed by atoms with van der Waals surface area (Å²) in [5, 5.41) is 0. The van der Waals surface area contributed by atoms with Crippen LogP contribution >= 0.6 is 0 Å². The molecule has 8 nitrogen and oxygen atoms in total. The van der Waals surface area contributed by atoms with Gasteiger partial charge in [0.2, 0.25) is 23.6 Å². The minimum Gasteiger partial charge on any atom is -0.373 e. The fourth-order valence-corrected chi connectivity index (χ4v) is 6.53. The molecule has 0 aliphatic carbocycles. The normalized spacial score (nSPS) is 41.9. The van der Waals surface area contributed by atoms with Gasteiger partial charge < -0.3 is 9.47 Å². The van der Waals surface area contributed by atoms with Gasteiger partial charge in [0.25, 0.3) is 0 Å². The van der Waals surface area contributed by atoms with E-state index >= 15 is 0 Å². The summed E-state index contributed by atoms with van der Waals surface area (Å²) in [5.74, 6) is -0.527. The first-order chi connectivity index (χ1) is 15.0. The first-order valence-electron chi connectivity index (χ1n) is 12.0. The second-order valence-electron chi connectivity index (χ2n) is 9.69. The van der Waals surface area contributed by atoms with Gasteiger partial charge in [-0.15, -0.1) is 0 Å². The minimum atomic E-state index is -0.150. The lowest BCUT2D eigenvalue weighted by molar-refractivity contribution is -0.144. The van der Waals surface area contributed by atoms with E-state index in [0.717, 1.165) is 44.9 Å². The molecule has 0 radical (unpaired) electrons. The Morgan fingerprint density at radius 1 is 0.613 bits per heavy atom. The summed E-state index contributed by atoms with van der Waals surface area (Å²) in [6.07, 6.45) is 6.66. The molecule has 0 aromatic carbocycles. The first kappa shape index (κ1) is 21.1. The molecule has 6 aliphatic heterocycles. The summed E-state index contributed by atoms with van der Waals surface area (Å²) < 4.78 is 11.3. The molecule has 6 saturated heterocycles. The highest BCUT2D eigenvalue weighted by molar-refractivity contribution is 6.07. The standard InChI is InChI=1S/C12H17NO3.C11H15NO3/c1-2-3-6-13-11(14)9-7-4-5-8(16-7)10(9)12(13)15;1-2-5-12-10(13)8-6-3-4-7(15-6)9(8)11(12)14/h7-10H,2-6H2,1H3;6-9H,2-5H2,1H3. The highest BCUT2D eigenvalue weighted by Gasteiger charge is 2.63. The number of unbranched alkanes of at least 4 members (excludes halogenated alkanes) is 1. The molecular formula is C23H32N2O6. The van der Waals surface area contributed by atoms with Gasteiger partial charge in [-0.2, -0.15) is 0 Å². The number of carbonyl (C=O) groups is 4. The van der Waals surface area contributed by atoms with Crippen LogP contribution in [0.2, 0.25) is 0 Å². The third-order valence-electron chi connectivity index (χ3n) is 7.93. The second kappa shape index (κ2) is 7.96. The van der Waals surface area contributed by atoms with Crippen molar-refractivity contribution in [2.24, 2.45) is 23.7 Å². The number of hydrogen-bond donors (Lipinski definition) is 0. The van der Waals surface area contributed by atoms with E-state index in [0.29, 0.717) is 13.1 Å². The summed E-state index contributed by atoms with van der Waals surface area (Å²) in [6.45, 7) is 5.23. The maximum Gasteiger partial charge on any atom is 0.235 e. The third kappa shape index (κ3) is 3.09. The zero-order chi connectivity index (χ0) is 21.9. The lowest BCUT2D eigenvalue weighted by atomic mass is 9.81. The molecule has 4 amide bonds. The van der Waals surface area contributed by atoms with E-state index in [4.69, 9.17) is 9.47 Å². The smallest absolute Gasteiger partial charge is 0.235 e. The Labute approximate surface area is 182 Å². The van der Waals surface area contributed by atoms with Crippen molar-refractivity contribution in [1.82, 2.24) is 9.80 Å². The van der Waals surface area contributed by atoms with Crippen molar-refractivity contribution in [3.8, 4) is 0 Å². The van der Waals surface area contributed by atoms with Crippen LogP contribution in [0, 0.1) is 23.7 Å². The van der Waals surface area contributed by atoms with Crippen LogP contribution in [0.5, 0.6) is 0 Å². The van der Waals surface area contributed by atoms with Crippen LogP contribution in [0.3, 0.4) is 0 Å². The first-order valence-corrected chi connectivity index (χ1v) is 12.0. The van der Waals surface area contributed by atoms with Crippen LogP contribution < -0.4 is 0 Å².